The summed E-state index contributed by atoms with van der Waals surface area (Å²) in [6.07, 6.45) is 1.43. The first kappa shape index (κ1) is 7.97. The van der Waals surface area contributed by atoms with Crippen molar-refractivity contribution in [3.05, 3.63) is 28.2 Å². The molecule has 0 radical (unpaired) electrons. The standard InChI is InChI=1S/C8H8FN3O/c1-4-6(9)5-3-12(2)8(13)11-7(5)10-4/h3H,1-2H3,(H,10,11,13). The van der Waals surface area contributed by atoms with E-state index < -0.39 is 5.69 Å². The zero-order chi connectivity index (χ0) is 9.59. The Balaban J connectivity index is 2.97. The predicted octanol–water partition coefficient (Wildman–Crippen LogP) is 0.709. The second-order valence-electron chi connectivity index (χ2n) is 2.96. The summed E-state index contributed by atoms with van der Waals surface area (Å²) in [5.74, 6) is -0.349. The van der Waals surface area contributed by atoms with Gasteiger partial charge in [-0.3, -0.25) is 0 Å². The van der Waals surface area contributed by atoms with Crippen molar-refractivity contribution in [2.24, 2.45) is 7.05 Å². The van der Waals surface area contributed by atoms with E-state index in [4.69, 9.17) is 0 Å². The van der Waals surface area contributed by atoms with E-state index in [2.05, 4.69) is 9.97 Å². The number of fused-ring (bicyclic) bond motifs is 1. The van der Waals surface area contributed by atoms with Gasteiger partial charge in [0.15, 0.2) is 5.82 Å². The lowest BCUT2D eigenvalue weighted by atomic mass is 10.3. The minimum absolute atomic E-state index is 0.304. The van der Waals surface area contributed by atoms with Crippen molar-refractivity contribution in [2.45, 2.75) is 6.92 Å². The van der Waals surface area contributed by atoms with Crippen molar-refractivity contribution in [2.75, 3.05) is 0 Å². The average molecular weight is 181 g/mol. The Hall–Kier alpha value is -1.65. The zero-order valence-corrected chi connectivity index (χ0v) is 7.26. The minimum atomic E-state index is -0.395. The number of H-pyrrole nitrogens is 1. The van der Waals surface area contributed by atoms with Gasteiger partial charge in [0, 0.05) is 13.2 Å². The van der Waals surface area contributed by atoms with E-state index >= 15 is 0 Å². The summed E-state index contributed by atoms with van der Waals surface area (Å²) >= 11 is 0. The quantitative estimate of drug-likeness (QED) is 0.650. The molecule has 0 bridgehead atoms. The summed E-state index contributed by atoms with van der Waals surface area (Å²) in [6, 6.07) is 0. The van der Waals surface area contributed by atoms with Crippen molar-refractivity contribution in [3.63, 3.8) is 0 Å². The van der Waals surface area contributed by atoms with Gasteiger partial charge < -0.3 is 9.55 Å². The Morgan fingerprint density at radius 3 is 3.00 bits per heavy atom. The molecule has 68 valence electrons. The topological polar surface area (TPSA) is 50.7 Å². The van der Waals surface area contributed by atoms with Gasteiger partial charge >= 0.3 is 5.69 Å². The SMILES string of the molecule is Cc1[nH]c2nc(=O)n(C)cc2c1F. The number of rotatable bonds is 0. The van der Waals surface area contributed by atoms with Crippen LogP contribution in [0.2, 0.25) is 0 Å². The molecule has 1 N–H and O–H groups in total. The van der Waals surface area contributed by atoms with Crippen molar-refractivity contribution >= 4 is 11.0 Å². The lowest BCUT2D eigenvalue weighted by Crippen LogP contribution is -2.18. The van der Waals surface area contributed by atoms with E-state index in [0.29, 0.717) is 16.7 Å². The third-order valence-corrected chi connectivity index (χ3v) is 1.96. The number of halogens is 1. The highest BCUT2D eigenvalue weighted by molar-refractivity contribution is 5.76. The molecule has 13 heavy (non-hydrogen) atoms. The third-order valence-electron chi connectivity index (χ3n) is 1.96. The minimum Gasteiger partial charge on any atom is -0.341 e. The molecule has 4 nitrogen and oxygen atoms in total. The van der Waals surface area contributed by atoms with E-state index in [9.17, 15) is 9.18 Å². The largest absolute Gasteiger partial charge is 0.349 e. The van der Waals surface area contributed by atoms with Crippen LogP contribution in [0.25, 0.3) is 11.0 Å². The molecular weight excluding hydrogens is 173 g/mol. The molecule has 2 rings (SSSR count). The maximum Gasteiger partial charge on any atom is 0.349 e. The van der Waals surface area contributed by atoms with Gasteiger partial charge in [0.05, 0.1) is 11.1 Å². The summed E-state index contributed by atoms with van der Waals surface area (Å²) in [5.41, 5.74) is 0.306. The highest BCUT2D eigenvalue weighted by Crippen LogP contribution is 2.15. The highest BCUT2D eigenvalue weighted by Gasteiger charge is 2.09. The molecule has 0 spiro atoms. The molecule has 5 heteroatoms. The molecule has 0 aromatic carbocycles. The van der Waals surface area contributed by atoms with Crippen LogP contribution in [0.5, 0.6) is 0 Å². The number of hydrogen-bond donors (Lipinski definition) is 1. The van der Waals surface area contributed by atoms with Gasteiger partial charge in [0.25, 0.3) is 0 Å². The lowest BCUT2D eigenvalue weighted by molar-refractivity contribution is 0.628. The summed E-state index contributed by atoms with van der Waals surface area (Å²) in [6.45, 7) is 1.60. The normalized spacial score (nSPS) is 11.0. The molecule has 0 fully saturated rings. The maximum atomic E-state index is 13.3. The van der Waals surface area contributed by atoms with Gasteiger partial charge in [-0.2, -0.15) is 4.98 Å². The van der Waals surface area contributed by atoms with Crippen molar-refractivity contribution in [1.29, 1.82) is 0 Å². The van der Waals surface area contributed by atoms with Gasteiger partial charge in [-0.15, -0.1) is 0 Å². The fourth-order valence-corrected chi connectivity index (χ4v) is 1.24. The molecule has 0 saturated carbocycles. The Labute approximate surface area is 73.0 Å². The molecule has 2 heterocycles. The van der Waals surface area contributed by atoms with E-state index in [1.807, 2.05) is 0 Å². The second kappa shape index (κ2) is 2.42. The second-order valence-corrected chi connectivity index (χ2v) is 2.96. The van der Waals surface area contributed by atoms with Crippen LogP contribution in [0.1, 0.15) is 5.69 Å². The number of hydrogen-bond acceptors (Lipinski definition) is 2. The summed E-state index contributed by atoms with van der Waals surface area (Å²) in [5, 5.41) is 0.347. The monoisotopic (exact) mass is 181 g/mol. The number of aryl methyl sites for hydroxylation is 2. The molecule has 0 unspecified atom stereocenters. The fourth-order valence-electron chi connectivity index (χ4n) is 1.24. The van der Waals surface area contributed by atoms with Crippen LogP contribution in [0.4, 0.5) is 4.39 Å². The van der Waals surface area contributed by atoms with Gasteiger partial charge in [-0.05, 0) is 6.92 Å². The van der Waals surface area contributed by atoms with E-state index in [1.54, 1.807) is 6.92 Å². The van der Waals surface area contributed by atoms with Crippen LogP contribution in [0, 0.1) is 12.7 Å². The van der Waals surface area contributed by atoms with Crippen LogP contribution in [0.3, 0.4) is 0 Å². The van der Waals surface area contributed by atoms with Crippen LogP contribution < -0.4 is 5.69 Å². The molecule has 0 atom stereocenters. The van der Waals surface area contributed by atoms with Crippen molar-refractivity contribution in [1.82, 2.24) is 14.5 Å². The molecule has 0 amide bonds. The Morgan fingerprint density at radius 2 is 2.31 bits per heavy atom. The molecule has 0 aliphatic heterocycles. The van der Waals surface area contributed by atoms with Crippen LogP contribution in [-0.4, -0.2) is 14.5 Å². The fraction of sp³-hybridized carbons (Fsp3) is 0.250. The zero-order valence-electron chi connectivity index (χ0n) is 7.26. The Kier molecular flexibility index (Phi) is 1.48. The Morgan fingerprint density at radius 1 is 1.62 bits per heavy atom. The highest BCUT2D eigenvalue weighted by atomic mass is 19.1. The summed E-state index contributed by atoms with van der Waals surface area (Å²) in [7, 11) is 1.54. The first-order chi connectivity index (χ1) is 6.09. The molecule has 0 saturated heterocycles. The molecule has 2 aromatic heterocycles. The third kappa shape index (κ3) is 1.04. The number of aromatic amines is 1. The molecule has 0 aliphatic carbocycles. The first-order valence-corrected chi connectivity index (χ1v) is 3.81. The van der Waals surface area contributed by atoms with E-state index in [-0.39, 0.29) is 5.82 Å². The van der Waals surface area contributed by atoms with Crippen molar-refractivity contribution in [3.8, 4) is 0 Å². The van der Waals surface area contributed by atoms with E-state index in [0.717, 1.165) is 0 Å². The van der Waals surface area contributed by atoms with Crippen LogP contribution >= 0.6 is 0 Å². The van der Waals surface area contributed by atoms with Crippen molar-refractivity contribution < 1.29 is 4.39 Å². The van der Waals surface area contributed by atoms with Gasteiger partial charge in [0.1, 0.15) is 5.65 Å². The van der Waals surface area contributed by atoms with E-state index in [1.165, 1.54) is 17.8 Å². The lowest BCUT2D eigenvalue weighted by Gasteiger charge is -1.93. The summed E-state index contributed by atoms with van der Waals surface area (Å²) < 4.78 is 14.5. The summed E-state index contributed by atoms with van der Waals surface area (Å²) in [4.78, 5) is 17.4. The molecular formula is C8H8FN3O. The number of aromatic nitrogens is 3. The van der Waals surface area contributed by atoms with Gasteiger partial charge in [-0.1, -0.05) is 0 Å². The molecule has 2 aromatic rings. The Bertz CT molecular complexity index is 526. The first-order valence-electron chi connectivity index (χ1n) is 3.81. The average Bonchev–Trinajstić information content (AvgIpc) is 2.32. The smallest absolute Gasteiger partial charge is 0.341 e. The van der Waals surface area contributed by atoms with Crippen LogP contribution in [0.15, 0.2) is 11.0 Å². The van der Waals surface area contributed by atoms with Crippen LogP contribution in [-0.2, 0) is 7.05 Å². The van der Waals surface area contributed by atoms with Gasteiger partial charge in [0.2, 0.25) is 0 Å². The predicted molar refractivity (Wildman–Crippen MR) is 46.0 cm³/mol. The maximum absolute atomic E-state index is 13.3. The van der Waals surface area contributed by atoms with Gasteiger partial charge in [-0.25, -0.2) is 9.18 Å². The molecule has 0 aliphatic rings. The number of nitrogens with zero attached hydrogens (tertiary/aromatic N) is 2. The number of nitrogens with one attached hydrogen (secondary N) is 1.